The van der Waals surface area contributed by atoms with Gasteiger partial charge >= 0.3 is 0 Å². The molecule has 35 heavy (non-hydrogen) atoms. The van der Waals surface area contributed by atoms with Crippen LogP contribution in [0.5, 0.6) is 0 Å². The molecule has 1 amide bonds. The van der Waals surface area contributed by atoms with E-state index >= 15 is 0 Å². The highest BCUT2D eigenvalue weighted by atomic mass is 16.6. The fraction of sp³-hybridized carbons (Fsp3) is 0.759. The second-order valence-corrected chi connectivity index (χ2v) is 11.6. The number of nitrogens with zero attached hydrogens (tertiary/aromatic N) is 1. The van der Waals surface area contributed by atoms with Gasteiger partial charge in [-0.2, -0.15) is 0 Å². The van der Waals surface area contributed by atoms with E-state index in [0.29, 0.717) is 24.5 Å². The Morgan fingerprint density at radius 3 is 2.49 bits per heavy atom. The quantitative estimate of drug-likeness (QED) is 0.189. The molecule has 0 aromatic heterocycles. The van der Waals surface area contributed by atoms with Gasteiger partial charge in [0.15, 0.2) is 0 Å². The molecule has 2 N–H and O–H groups in total. The number of carbonyl (C=O) groups excluding carboxylic acids is 1. The molecule has 3 atom stereocenters. The molecule has 1 aliphatic heterocycles. The number of nitrogens with one attached hydrogen (secondary N) is 1. The maximum absolute atomic E-state index is 12.4. The van der Waals surface area contributed by atoms with Gasteiger partial charge in [0.1, 0.15) is 5.76 Å². The third-order valence-corrected chi connectivity index (χ3v) is 7.59. The SMILES string of the molecule is C/C=C(\C=C/C(C)C1=CCC(C(=O)NC2CCC2)CC1)OCC1CCN(C(O)OC(C)(C)C)CC1. The molecule has 1 saturated heterocycles. The molecule has 1 heterocycles. The van der Waals surface area contributed by atoms with Crippen LogP contribution in [-0.4, -0.2) is 53.7 Å². The molecule has 0 bridgehead atoms. The van der Waals surface area contributed by atoms with E-state index in [1.807, 2.05) is 38.7 Å². The van der Waals surface area contributed by atoms with Gasteiger partial charge in [-0.3, -0.25) is 9.69 Å². The summed E-state index contributed by atoms with van der Waals surface area (Å²) in [5.74, 6) is 2.12. The lowest BCUT2D eigenvalue weighted by atomic mass is 9.83. The van der Waals surface area contributed by atoms with Crippen molar-refractivity contribution >= 4 is 5.91 Å². The van der Waals surface area contributed by atoms with Crippen molar-refractivity contribution in [2.24, 2.45) is 17.8 Å². The highest BCUT2D eigenvalue weighted by Crippen LogP contribution is 2.30. The lowest BCUT2D eigenvalue weighted by Gasteiger charge is -2.37. The van der Waals surface area contributed by atoms with Crippen LogP contribution < -0.4 is 5.32 Å². The molecule has 0 spiro atoms. The molecule has 3 rings (SSSR count). The first-order chi connectivity index (χ1) is 16.6. The Morgan fingerprint density at radius 2 is 1.94 bits per heavy atom. The molecule has 3 aliphatic rings. The summed E-state index contributed by atoms with van der Waals surface area (Å²) in [6.07, 6.45) is 16.1. The van der Waals surface area contributed by atoms with Crippen LogP contribution in [0.25, 0.3) is 0 Å². The average Bonchev–Trinajstić information content (AvgIpc) is 2.80. The van der Waals surface area contributed by atoms with Gasteiger partial charge in [0.2, 0.25) is 12.3 Å². The summed E-state index contributed by atoms with van der Waals surface area (Å²) in [5.41, 5.74) is 1.07. The number of piperidine rings is 1. The Labute approximate surface area is 212 Å². The van der Waals surface area contributed by atoms with Crippen LogP contribution in [0.4, 0.5) is 0 Å². The summed E-state index contributed by atoms with van der Waals surface area (Å²) in [4.78, 5) is 14.4. The van der Waals surface area contributed by atoms with Gasteiger partial charge < -0.3 is 19.9 Å². The minimum absolute atomic E-state index is 0.137. The van der Waals surface area contributed by atoms with Crippen LogP contribution >= 0.6 is 0 Å². The van der Waals surface area contributed by atoms with Gasteiger partial charge in [-0.15, -0.1) is 0 Å². The van der Waals surface area contributed by atoms with Crippen LogP contribution in [0.3, 0.4) is 0 Å². The summed E-state index contributed by atoms with van der Waals surface area (Å²) in [5, 5.41) is 13.5. The predicted octanol–water partition coefficient (Wildman–Crippen LogP) is 5.30. The molecular formula is C29H48N2O4. The average molecular weight is 489 g/mol. The summed E-state index contributed by atoms with van der Waals surface area (Å²) in [6, 6.07) is 0.426. The number of aliphatic hydroxyl groups excluding tert-OH is 1. The summed E-state index contributed by atoms with van der Waals surface area (Å²) >= 11 is 0. The minimum atomic E-state index is -0.839. The zero-order valence-electron chi connectivity index (χ0n) is 22.6. The van der Waals surface area contributed by atoms with Crippen LogP contribution in [-0.2, 0) is 14.3 Å². The number of likely N-dealkylation sites (tertiary alicyclic amines) is 1. The van der Waals surface area contributed by atoms with Crippen molar-refractivity contribution in [2.75, 3.05) is 19.7 Å². The van der Waals surface area contributed by atoms with Crippen LogP contribution in [0.2, 0.25) is 0 Å². The molecule has 6 nitrogen and oxygen atoms in total. The maximum Gasteiger partial charge on any atom is 0.223 e. The normalized spacial score (nSPS) is 25.1. The molecule has 2 aliphatic carbocycles. The second-order valence-electron chi connectivity index (χ2n) is 11.6. The van der Waals surface area contributed by atoms with Crippen LogP contribution in [0.15, 0.2) is 35.6 Å². The molecular weight excluding hydrogens is 440 g/mol. The number of allylic oxidation sites excluding steroid dienone is 5. The van der Waals surface area contributed by atoms with E-state index in [-0.39, 0.29) is 17.4 Å². The number of amides is 1. The smallest absolute Gasteiger partial charge is 0.223 e. The largest absolute Gasteiger partial charge is 0.494 e. The van der Waals surface area contributed by atoms with Gasteiger partial charge in [0.25, 0.3) is 0 Å². The maximum atomic E-state index is 12.4. The Balaban J connectivity index is 1.37. The van der Waals surface area contributed by atoms with Gasteiger partial charge in [-0.1, -0.05) is 24.6 Å². The highest BCUT2D eigenvalue weighted by Gasteiger charge is 2.28. The Bertz CT molecular complexity index is 770. The fourth-order valence-corrected chi connectivity index (χ4v) is 4.91. The lowest BCUT2D eigenvalue weighted by Crippen LogP contribution is -2.46. The molecule has 0 aromatic rings. The van der Waals surface area contributed by atoms with Gasteiger partial charge in [0, 0.05) is 25.0 Å². The van der Waals surface area contributed by atoms with E-state index in [2.05, 4.69) is 30.5 Å². The van der Waals surface area contributed by atoms with Gasteiger partial charge in [-0.05, 0) is 103 Å². The van der Waals surface area contributed by atoms with Crippen molar-refractivity contribution < 1.29 is 19.4 Å². The summed E-state index contributed by atoms with van der Waals surface area (Å²) < 4.78 is 11.8. The van der Waals surface area contributed by atoms with Crippen molar-refractivity contribution in [2.45, 2.75) is 104 Å². The van der Waals surface area contributed by atoms with Crippen molar-refractivity contribution in [3.8, 4) is 0 Å². The molecule has 3 unspecified atom stereocenters. The van der Waals surface area contributed by atoms with E-state index in [0.717, 1.165) is 63.8 Å². The third kappa shape index (κ3) is 9.07. The third-order valence-electron chi connectivity index (χ3n) is 7.59. The Kier molecular flexibility index (Phi) is 10.4. The molecule has 0 radical (unpaired) electrons. The van der Waals surface area contributed by atoms with Crippen molar-refractivity contribution in [1.82, 2.24) is 10.2 Å². The van der Waals surface area contributed by atoms with E-state index in [4.69, 9.17) is 9.47 Å². The highest BCUT2D eigenvalue weighted by molar-refractivity contribution is 5.79. The molecule has 1 saturated carbocycles. The van der Waals surface area contributed by atoms with Crippen LogP contribution in [0, 0.1) is 17.8 Å². The first kappa shape index (κ1) is 27.9. The molecule has 6 heteroatoms. The topological polar surface area (TPSA) is 71.0 Å². The number of rotatable bonds is 10. The summed E-state index contributed by atoms with van der Waals surface area (Å²) in [7, 11) is 0. The number of aliphatic hydroxyl groups is 1. The zero-order valence-corrected chi connectivity index (χ0v) is 22.6. The number of carbonyl (C=O) groups is 1. The van der Waals surface area contributed by atoms with E-state index in [1.165, 1.54) is 12.0 Å². The fourth-order valence-electron chi connectivity index (χ4n) is 4.91. The monoisotopic (exact) mass is 488 g/mol. The van der Waals surface area contributed by atoms with Crippen molar-refractivity contribution in [3.63, 3.8) is 0 Å². The van der Waals surface area contributed by atoms with Gasteiger partial charge in [-0.25, -0.2) is 0 Å². The lowest BCUT2D eigenvalue weighted by molar-refractivity contribution is -0.243. The standard InChI is InChI=1S/C29H48N2O4/c1-6-26(34-20-22-16-18-31(19-17-22)28(33)35-29(3,4)5)15-10-21(2)23-11-13-24(14-12-23)27(32)30-25-8-7-9-25/h6,10-11,15,21-22,24-25,28,33H,7-9,12-14,16-20H2,1-5H3,(H,30,32)/b15-10-,26-6+. The first-order valence-electron chi connectivity index (χ1n) is 13.7. The van der Waals surface area contributed by atoms with E-state index in [9.17, 15) is 9.90 Å². The molecule has 198 valence electrons. The number of hydrogen-bond acceptors (Lipinski definition) is 5. The zero-order chi connectivity index (χ0) is 25.4. The number of hydrogen-bond donors (Lipinski definition) is 2. The van der Waals surface area contributed by atoms with E-state index < -0.39 is 6.41 Å². The van der Waals surface area contributed by atoms with Crippen molar-refractivity contribution in [3.05, 3.63) is 35.6 Å². The van der Waals surface area contributed by atoms with Crippen LogP contribution in [0.1, 0.15) is 86.0 Å². The summed E-state index contributed by atoms with van der Waals surface area (Å²) in [6.45, 7) is 12.4. The first-order valence-corrected chi connectivity index (χ1v) is 13.7. The molecule has 2 fully saturated rings. The Hall–Kier alpha value is -1.63. The predicted molar refractivity (Wildman–Crippen MR) is 140 cm³/mol. The van der Waals surface area contributed by atoms with Crippen molar-refractivity contribution in [1.29, 1.82) is 0 Å². The van der Waals surface area contributed by atoms with Gasteiger partial charge in [0.05, 0.1) is 12.2 Å². The minimum Gasteiger partial charge on any atom is -0.494 e. The number of ether oxygens (including phenoxy) is 2. The molecule has 0 aromatic carbocycles. The van der Waals surface area contributed by atoms with E-state index in [1.54, 1.807) is 0 Å². The Morgan fingerprint density at radius 1 is 1.23 bits per heavy atom. The second kappa shape index (κ2) is 13.1.